The van der Waals surface area contributed by atoms with Crippen LogP contribution in [-0.4, -0.2) is 27.5 Å². The normalized spacial score (nSPS) is 19.9. The van der Waals surface area contributed by atoms with Crippen molar-refractivity contribution in [2.45, 2.75) is 36.4 Å². The molecule has 1 aliphatic heterocycles. The van der Waals surface area contributed by atoms with E-state index in [0.717, 1.165) is 43.7 Å². The van der Waals surface area contributed by atoms with Gasteiger partial charge in [-0.05, 0) is 50.1 Å². The maximum Gasteiger partial charge on any atom is 0.416 e. The number of sulfonamides is 1. The third kappa shape index (κ3) is 4.42. The lowest BCUT2D eigenvalue weighted by atomic mass is 10.2. The van der Waals surface area contributed by atoms with E-state index in [1.165, 1.54) is 0 Å². The van der Waals surface area contributed by atoms with Crippen LogP contribution in [0.3, 0.4) is 0 Å². The Morgan fingerprint density at radius 1 is 1.24 bits per heavy atom. The zero-order valence-corrected chi connectivity index (χ0v) is 12.1. The van der Waals surface area contributed by atoms with E-state index in [-0.39, 0.29) is 11.4 Å². The van der Waals surface area contributed by atoms with Gasteiger partial charge in [0.05, 0.1) is 10.5 Å². The molecule has 1 atom stereocenters. The predicted octanol–water partition coefficient (Wildman–Crippen LogP) is 2.13. The van der Waals surface area contributed by atoms with E-state index in [1.54, 1.807) is 0 Å². The fourth-order valence-electron chi connectivity index (χ4n) is 2.28. The molecule has 1 aromatic rings. The van der Waals surface area contributed by atoms with E-state index in [0.29, 0.717) is 12.5 Å². The number of hydrogen-bond donors (Lipinski definition) is 2. The molecule has 0 aliphatic carbocycles. The molecule has 2 N–H and O–H groups in total. The minimum Gasteiger partial charge on any atom is -0.314 e. The molecule has 1 aromatic carbocycles. The van der Waals surface area contributed by atoms with Gasteiger partial charge in [-0.15, -0.1) is 0 Å². The first-order chi connectivity index (χ1) is 9.79. The maximum atomic E-state index is 12.4. The van der Waals surface area contributed by atoms with Crippen LogP contribution < -0.4 is 10.0 Å². The summed E-state index contributed by atoms with van der Waals surface area (Å²) in [6, 6.07) is 3.79. The molecular weight excluding hydrogens is 305 g/mol. The Bertz CT molecular complexity index is 564. The highest BCUT2D eigenvalue weighted by atomic mass is 32.2. The molecule has 1 unspecified atom stereocenters. The largest absolute Gasteiger partial charge is 0.416 e. The molecule has 1 fully saturated rings. The monoisotopic (exact) mass is 322 g/mol. The number of halogens is 3. The van der Waals surface area contributed by atoms with Crippen LogP contribution in [0.15, 0.2) is 29.2 Å². The Hall–Kier alpha value is -1.12. The van der Waals surface area contributed by atoms with Gasteiger partial charge in [-0.25, -0.2) is 13.1 Å². The van der Waals surface area contributed by atoms with E-state index in [2.05, 4.69) is 10.0 Å². The van der Waals surface area contributed by atoms with Gasteiger partial charge in [0.2, 0.25) is 10.0 Å². The summed E-state index contributed by atoms with van der Waals surface area (Å²) in [4.78, 5) is -0.158. The zero-order valence-electron chi connectivity index (χ0n) is 11.3. The van der Waals surface area contributed by atoms with Crippen LogP contribution in [0.4, 0.5) is 13.2 Å². The van der Waals surface area contributed by atoms with Gasteiger partial charge in [-0.2, -0.15) is 13.2 Å². The van der Waals surface area contributed by atoms with Gasteiger partial charge in [0, 0.05) is 12.6 Å². The fourth-order valence-corrected chi connectivity index (χ4v) is 3.32. The van der Waals surface area contributed by atoms with Crippen LogP contribution >= 0.6 is 0 Å². The molecule has 0 saturated carbocycles. The first-order valence-electron chi connectivity index (χ1n) is 6.69. The average Bonchev–Trinajstić information content (AvgIpc) is 2.91. The lowest BCUT2D eigenvalue weighted by Gasteiger charge is -2.12. The van der Waals surface area contributed by atoms with E-state index < -0.39 is 21.8 Å². The molecule has 0 amide bonds. The van der Waals surface area contributed by atoms with Crippen molar-refractivity contribution in [2.24, 2.45) is 0 Å². The molecule has 2 rings (SSSR count). The molecule has 4 nitrogen and oxygen atoms in total. The zero-order chi connectivity index (χ0) is 15.5. The topological polar surface area (TPSA) is 58.2 Å². The van der Waals surface area contributed by atoms with E-state index in [9.17, 15) is 21.6 Å². The second-order valence-electron chi connectivity index (χ2n) is 5.00. The van der Waals surface area contributed by atoms with Crippen LogP contribution in [0.25, 0.3) is 0 Å². The first-order valence-corrected chi connectivity index (χ1v) is 8.18. The van der Waals surface area contributed by atoms with E-state index in [4.69, 9.17) is 0 Å². The Labute approximate surface area is 121 Å². The standard InChI is InChI=1S/C13H17F3N2O2S/c14-13(15,16)10-3-5-12(6-4-10)21(19,20)18-9-7-11-2-1-8-17-11/h3-6,11,17-18H,1-2,7-9H2. The predicted molar refractivity (Wildman–Crippen MR) is 72.3 cm³/mol. The molecule has 0 bridgehead atoms. The smallest absolute Gasteiger partial charge is 0.314 e. The summed E-state index contributed by atoms with van der Waals surface area (Å²) in [6.45, 7) is 1.21. The summed E-state index contributed by atoms with van der Waals surface area (Å²) in [5, 5.41) is 3.25. The van der Waals surface area contributed by atoms with E-state index >= 15 is 0 Å². The van der Waals surface area contributed by atoms with Crippen molar-refractivity contribution in [1.29, 1.82) is 0 Å². The van der Waals surface area contributed by atoms with Gasteiger partial charge in [-0.3, -0.25) is 0 Å². The Kier molecular flexibility index (Phi) is 4.90. The Balaban J connectivity index is 1.95. The minimum absolute atomic E-state index is 0.158. The van der Waals surface area contributed by atoms with Gasteiger partial charge in [0.1, 0.15) is 0 Å². The Morgan fingerprint density at radius 2 is 1.90 bits per heavy atom. The van der Waals surface area contributed by atoms with Crippen molar-refractivity contribution >= 4 is 10.0 Å². The number of alkyl halides is 3. The molecule has 0 aromatic heterocycles. The van der Waals surface area contributed by atoms with Gasteiger partial charge >= 0.3 is 6.18 Å². The Morgan fingerprint density at radius 3 is 2.43 bits per heavy atom. The number of nitrogens with one attached hydrogen (secondary N) is 2. The van der Waals surface area contributed by atoms with Gasteiger partial charge in [0.15, 0.2) is 0 Å². The third-order valence-corrected chi connectivity index (χ3v) is 4.92. The van der Waals surface area contributed by atoms with Crippen molar-refractivity contribution in [3.05, 3.63) is 29.8 Å². The molecule has 1 saturated heterocycles. The van der Waals surface area contributed by atoms with Crippen molar-refractivity contribution in [3.8, 4) is 0 Å². The second kappa shape index (κ2) is 6.33. The number of rotatable bonds is 5. The summed E-state index contributed by atoms with van der Waals surface area (Å²) in [5.41, 5.74) is -0.864. The second-order valence-corrected chi connectivity index (χ2v) is 6.77. The van der Waals surface area contributed by atoms with Crippen LogP contribution in [0.5, 0.6) is 0 Å². The lowest BCUT2D eigenvalue weighted by molar-refractivity contribution is -0.137. The molecule has 0 spiro atoms. The lowest BCUT2D eigenvalue weighted by Crippen LogP contribution is -2.30. The van der Waals surface area contributed by atoms with Crippen LogP contribution in [-0.2, 0) is 16.2 Å². The third-order valence-electron chi connectivity index (χ3n) is 3.44. The van der Waals surface area contributed by atoms with Crippen molar-refractivity contribution in [1.82, 2.24) is 10.0 Å². The van der Waals surface area contributed by atoms with Crippen LogP contribution in [0.1, 0.15) is 24.8 Å². The van der Waals surface area contributed by atoms with Crippen LogP contribution in [0.2, 0.25) is 0 Å². The highest BCUT2D eigenvalue weighted by Gasteiger charge is 2.30. The number of benzene rings is 1. The molecule has 118 valence electrons. The highest BCUT2D eigenvalue weighted by molar-refractivity contribution is 7.89. The van der Waals surface area contributed by atoms with Crippen molar-refractivity contribution in [3.63, 3.8) is 0 Å². The van der Waals surface area contributed by atoms with Gasteiger partial charge in [-0.1, -0.05) is 0 Å². The molecule has 8 heteroatoms. The average molecular weight is 322 g/mol. The maximum absolute atomic E-state index is 12.4. The molecule has 21 heavy (non-hydrogen) atoms. The van der Waals surface area contributed by atoms with Crippen LogP contribution in [0, 0.1) is 0 Å². The highest BCUT2D eigenvalue weighted by Crippen LogP contribution is 2.29. The molecule has 0 radical (unpaired) electrons. The van der Waals surface area contributed by atoms with E-state index in [1.807, 2.05) is 0 Å². The minimum atomic E-state index is -4.47. The molecular formula is C13H17F3N2O2S. The summed E-state index contributed by atoms with van der Waals surface area (Å²) < 4.78 is 63.6. The summed E-state index contributed by atoms with van der Waals surface area (Å²) >= 11 is 0. The number of hydrogen-bond acceptors (Lipinski definition) is 3. The van der Waals surface area contributed by atoms with Crippen molar-refractivity contribution in [2.75, 3.05) is 13.1 Å². The van der Waals surface area contributed by atoms with Gasteiger partial charge in [0.25, 0.3) is 0 Å². The van der Waals surface area contributed by atoms with Crippen molar-refractivity contribution < 1.29 is 21.6 Å². The molecule has 1 aliphatic rings. The fraction of sp³-hybridized carbons (Fsp3) is 0.538. The summed E-state index contributed by atoms with van der Waals surface area (Å²) in [5.74, 6) is 0. The quantitative estimate of drug-likeness (QED) is 0.873. The summed E-state index contributed by atoms with van der Waals surface area (Å²) in [6.07, 6.45) is -1.71. The SMILES string of the molecule is O=S(=O)(NCCC1CCCN1)c1ccc(C(F)(F)F)cc1. The first kappa shape index (κ1) is 16.3. The summed E-state index contributed by atoms with van der Waals surface area (Å²) in [7, 11) is -3.76. The van der Waals surface area contributed by atoms with Gasteiger partial charge < -0.3 is 5.32 Å². The molecule has 1 heterocycles.